The molecule has 0 radical (unpaired) electrons. The summed E-state index contributed by atoms with van der Waals surface area (Å²) < 4.78 is 0. The third-order valence-corrected chi connectivity index (χ3v) is 2.12. The van der Waals surface area contributed by atoms with E-state index in [0.717, 1.165) is 0 Å². The molecule has 16 heavy (non-hydrogen) atoms. The highest BCUT2D eigenvalue weighted by molar-refractivity contribution is 6.11. The first-order valence-electron chi connectivity index (χ1n) is 4.86. The van der Waals surface area contributed by atoms with E-state index in [-0.39, 0.29) is 17.5 Å². The third kappa shape index (κ3) is 2.53. The molecule has 1 N–H and O–H groups in total. The summed E-state index contributed by atoms with van der Waals surface area (Å²) in [5.41, 5.74) is 1.00. The molecule has 4 nitrogen and oxygen atoms in total. The number of ketones is 2. The SMILES string of the molecule is CC(=O)Nc1c(C(C)=O)cccc1C(C)=O. The molecular formula is C12H13NO3. The van der Waals surface area contributed by atoms with Crippen molar-refractivity contribution in [3.05, 3.63) is 29.3 Å². The zero-order valence-electron chi connectivity index (χ0n) is 9.46. The summed E-state index contributed by atoms with van der Waals surface area (Å²) in [6.07, 6.45) is 0. The van der Waals surface area contributed by atoms with E-state index in [1.165, 1.54) is 20.8 Å². The number of hydrogen-bond acceptors (Lipinski definition) is 3. The summed E-state index contributed by atoms with van der Waals surface area (Å²) in [5.74, 6) is -0.685. The van der Waals surface area contributed by atoms with E-state index in [9.17, 15) is 14.4 Å². The van der Waals surface area contributed by atoms with Crippen LogP contribution < -0.4 is 5.32 Å². The second kappa shape index (κ2) is 4.70. The quantitative estimate of drug-likeness (QED) is 0.791. The van der Waals surface area contributed by atoms with Crippen molar-refractivity contribution in [3.63, 3.8) is 0 Å². The van der Waals surface area contributed by atoms with Crippen molar-refractivity contribution in [2.75, 3.05) is 5.32 Å². The molecule has 84 valence electrons. The molecule has 1 amide bonds. The molecule has 1 aromatic carbocycles. The standard InChI is InChI=1S/C12H13NO3/c1-7(14)10-5-4-6-11(8(2)15)12(10)13-9(3)16/h4-6H,1-3H3,(H,13,16). The van der Waals surface area contributed by atoms with Gasteiger partial charge in [-0.3, -0.25) is 14.4 Å². The van der Waals surface area contributed by atoms with Crippen LogP contribution in [0.5, 0.6) is 0 Å². The molecule has 0 fully saturated rings. The monoisotopic (exact) mass is 219 g/mol. The van der Waals surface area contributed by atoms with Gasteiger partial charge >= 0.3 is 0 Å². The van der Waals surface area contributed by atoms with Crippen molar-refractivity contribution in [1.29, 1.82) is 0 Å². The maximum atomic E-state index is 11.4. The number of benzene rings is 1. The average Bonchev–Trinajstić information content (AvgIpc) is 2.16. The summed E-state index contributed by atoms with van der Waals surface area (Å²) in [6, 6.07) is 4.79. The van der Waals surface area contributed by atoms with Gasteiger partial charge in [-0.1, -0.05) is 6.07 Å². The number of anilines is 1. The van der Waals surface area contributed by atoms with Crippen LogP contribution in [-0.4, -0.2) is 17.5 Å². The largest absolute Gasteiger partial charge is 0.325 e. The lowest BCUT2D eigenvalue weighted by molar-refractivity contribution is -0.114. The maximum absolute atomic E-state index is 11.4. The number of rotatable bonds is 3. The average molecular weight is 219 g/mol. The molecule has 4 heteroatoms. The van der Waals surface area contributed by atoms with Gasteiger partial charge in [0.25, 0.3) is 0 Å². The molecule has 0 saturated carbocycles. The van der Waals surface area contributed by atoms with Gasteiger partial charge in [0.2, 0.25) is 5.91 Å². The topological polar surface area (TPSA) is 63.2 Å². The van der Waals surface area contributed by atoms with Gasteiger partial charge in [0.15, 0.2) is 11.6 Å². The zero-order chi connectivity index (χ0) is 12.3. The number of Topliss-reactive ketones (excluding diaryl/α,β-unsaturated/α-hetero) is 2. The Balaban J connectivity index is 3.40. The summed E-state index contributed by atoms with van der Waals surface area (Å²) in [4.78, 5) is 33.7. The minimum Gasteiger partial charge on any atom is -0.325 e. The number of hydrogen-bond donors (Lipinski definition) is 1. The fraction of sp³-hybridized carbons (Fsp3) is 0.250. The number of amides is 1. The van der Waals surface area contributed by atoms with Crippen molar-refractivity contribution < 1.29 is 14.4 Å². The number of nitrogens with one attached hydrogen (secondary N) is 1. The van der Waals surface area contributed by atoms with E-state index in [1.54, 1.807) is 18.2 Å². The molecule has 0 aliphatic rings. The first kappa shape index (κ1) is 12.1. The van der Waals surface area contributed by atoms with Crippen LogP contribution in [-0.2, 0) is 4.79 Å². The normalized spacial score (nSPS) is 9.69. The highest BCUT2D eigenvalue weighted by Crippen LogP contribution is 2.22. The van der Waals surface area contributed by atoms with Gasteiger partial charge < -0.3 is 5.32 Å². The minimum absolute atomic E-state index is 0.188. The smallest absolute Gasteiger partial charge is 0.221 e. The second-order valence-corrected chi connectivity index (χ2v) is 3.52. The van der Waals surface area contributed by atoms with Gasteiger partial charge in [-0.25, -0.2) is 0 Å². The Morgan fingerprint density at radius 3 is 1.69 bits per heavy atom. The molecule has 0 heterocycles. The zero-order valence-corrected chi connectivity index (χ0v) is 9.46. The van der Waals surface area contributed by atoms with E-state index >= 15 is 0 Å². The van der Waals surface area contributed by atoms with Crippen molar-refractivity contribution in [3.8, 4) is 0 Å². The van der Waals surface area contributed by atoms with Crippen LogP contribution in [0.2, 0.25) is 0 Å². The van der Waals surface area contributed by atoms with E-state index < -0.39 is 0 Å². The van der Waals surface area contributed by atoms with Crippen LogP contribution in [0, 0.1) is 0 Å². The second-order valence-electron chi connectivity index (χ2n) is 3.52. The third-order valence-electron chi connectivity index (χ3n) is 2.12. The van der Waals surface area contributed by atoms with Crippen molar-refractivity contribution in [1.82, 2.24) is 0 Å². The lowest BCUT2D eigenvalue weighted by Crippen LogP contribution is -2.13. The van der Waals surface area contributed by atoms with Crippen molar-refractivity contribution in [2.24, 2.45) is 0 Å². The number of carbonyl (C=O) groups is 3. The van der Waals surface area contributed by atoms with Crippen LogP contribution in [0.4, 0.5) is 5.69 Å². The molecule has 0 unspecified atom stereocenters. The van der Waals surface area contributed by atoms with Crippen LogP contribution in [0.3, 0.4) is 0 Å². The predicted octanol–water partition coefficient (Wildman–Crippen LogP) is 2.05. The number of para-hydroxylation sites is 1. The number of carbonyl (C=O) groups excluding carboxylic acids is 3. The molecule has 0 aliphatic heterocycles. The lowest BCUT2D eigenvalue weighted by atomic mass is 10.0. The Labute approximate surface area is 93.7 Å². The van der Waals surface area contributed by atoms with Crippen LogP contribution in [0.1, 0.15) is 41.5 Å². The maximum Gasteiger partial charge on any atom is 0.221 e. The highest BCUT2D eigenvalue weighted by atomic mass is 16.1. The molecular weight excluding hydrogens is 206 g/mol. The lowest BCUT2D eigenvalue weighted by Gasteiger charge is -2.11. The van der Waals surface area contributed by atoms with Gasteiger partial charge in [0, 0.05) is 18.1 Å². The Hall–Kier alpha value is -1.97. The van der Waals surface area contributed by atoms with Crippen molar-refractivity contribution >= 4 is 23.2 Å². The molecule has 1 rings (SSSR count). The van der Waals surface area contributed by atoms with Crippen LogP contribution >= 0.6 is 0 Å². The first-order chi connectivity index (χ1) is 7.43. The van der Waals surface area contributed by atoms with E-state index in [1.807, 2.05) is 0 Å². The fourth-order valence-electron chi connectivity index (χ4n) is 1.45. The Bertz CT molecular complexity index is 431. The molecule has 0 aromatic heterocycles. The van der Waals surface area contributed by atoms with Gasteiger partial charge in [0.05, 0.1) is 5.69 Å². The first-order valence-corrected chi connectivity index (χ1v) is 4.86. The van der Waals surface area contributed by atoms with Crippen molar-refractivity contribution in [2.45, 2.75) is 20.8 Å². The van der Waals surface area contributed by atoms with Gasteiger partial charge in [-0.15, -0.1) is 0 Å². The highest BCUT2D eigenvalue weighted by Gasteiger charge is 2.15. The fourth-order valence-corrected chi connectivity index (χ4v) is 1.45. The summed E-state index contributed by atoms with van der Waals surface area (Å²) in [6.45, 7) is 4.12. The molecule has 0 atom stereocenters. The predicted molar refractivity (Wildman–Crippen MR) is 60.8 cm³/mol. The summed E-state index contributed by atoms with van der Waals surface area (Å²) >= 11 is 0. The Morgan fingerprint density at radius 2 is 1.38 bits per heavy atom. The van der Waals surface area contributed by atoms with Gasteiger partial charge in [-0.2, -0.15) is 0 Å². The Kier molecular flexibility index (Phi) is 3.55. The molecule has 1 aromatic rings. The van der Waals surface area contributed by atoms with E-state index in [0.29, 0.717) is 16.8 Å². The molecule has 0 aliphatic carbocycles. The summed E-state index contributed by atoms with van der Waals surface area (Å²) in [7, 11) is 0. The minimum atomic E-state index is -0.309. The van der Waals surface area contributed by atoms with Crippen LogP contribution in [0.25, 0.3) is 0 Å². The van der Waals surface area contributed by atoms with Crippen LogP contribution in [0.15, 0.2) is 18.2 Å². The van der Waals surface area contributed by atoms with E-state index in [2.05, 4.69) is 5.32 Å². The molecule has 0 spiro atoms. The summed E-state index contributed by atoms with van der Waals surface area (Å²) in [5, 5.41) is 2.52. The van der Waals surface area contributed by atoms with Gasteiger partial charge in [-0.05, 0) is 26.0 Å². The molecule has 0 bridgehead atoms. The van der Waals surface area contributed by atoms with E-state index in [4.69, 9.17) is 0 Å². The van der Waals surface area contributed by atoms with Gasteiger partial charge in [0.1, 0.15) is 0 Å². The molecule has 0 saturated heterocycles. The Morgan fingerprint density at radius 1 is 0.938 bits per heavy atom.